The monoisotopic (exact) mass is 464 g/mol. The number of rotatable bonds is 9. The maximum absolute atomic E-state index is 13.6. The Labute approximate surface area is 198 Å². The smallest absolute Gasteiger partial charge is 0.305 e. The molecule has 178 valence electrons. The molecule has 0 radical (unpaired) electrons. The second kappa shape index (κ2) is 10.8. The Morgan fingerprint density at radius 2 is 1.88 bits per heavy atom. The molecule has 1 heterocycles. The highest BCUT2D eigenvalue weighted by atomic mass is 19.1. The van der Waals surface area contributed by atoms with Gasteiger partial charge in [0, 0.05) is 17.9 Å². The summed E-state index contributed by atoms with van der Waals surface area (Å²) in [7, 11) is 0. The van der Waals surface area contributed by atoms with Crippen LogP contribution in [0.3, 0.4) is 0 Å². The fourth-order valence-electron chi connectivity index (χ4n) is 4.62. The molecule has 0 bridgehead atoms. The van der Waals surface area contributed by atoms with Crippen LogP contribution in [-0.2, 0) is 17.6 Å². The van der Waals surface area contributed by atoms with Crippen LogP contribution >= 0.6 is 0 Å². The van der Waals surface area contributed by atoms with Gasteiger partial charge in [-0.25, -0.2) is 9.07 Å². The summed E-state index contributed by atoms with van der Waals surface area (Å²) in [4.78, 5) is 10.8. The van der Waals surface area contributed by atoms with Crippen molar-refractivity contribution < 1.29 is 24.5 Å². The van der Waals surface area contributed by atoms with Gasteiger partial charge in [0.2, 0.25) is 0 Å². The average Bonchev–Trinajstić information content (AvgIpc) is 3.18. The molecule has 1 aliphatic carbocycles. The summed E-state index contributed by atoms with van der Waals surface area (Å²) in [6.07, 6.45) is 4.45. The lowest BCUT2D eigenvalue weighted by molar-refractivity contribution is -0.139. The highest BCUT2D eigenvalue weighted by Gasteiger charge is 2.28. The summed E-state index contributed by atoms with van der Waals surface area (Å²) in [5.74, 6) is -1.19. The van der Waals surface area contributed by atoms with Gasteiger partial charge in [-0.3, -0.25) is 4.79 Å². The summed E-state index contributed by atoms with van der Waals surface area (Å²) in [6, 6.07) is 16.4. The Hall–Kier alpha value is -3.29. The van der Waals surface area contributed by atoms with E-state index in [0.29, 0.717) is 5.69 Å². The Morgan fingerprint density at radius 1 is 1.15 bits per heavy atom. The molecule has 0 saturated heterocycles. The molecule has 1 aliphatic rings. The van der Waals surface area contributed by atoms with Gasteiger partial charge in [-0.2, -0.15) is 5.10 Å². The predicted octanol–water partition coefficient (Wildman–Crippen LogP) is 4.27. The van der Waals surface area contributed by atoms with Gasteiger partial charge in [-0.15, -0.1) is 0 Å². The fraction of sp³-hybridized carbons (Fsp3) is 0.333. The first kappa shape index (κ1) is 23.9. The van der Waals surface area contributed by atoms with Crippen LogP contribution < -0.4 is 0 Å². The third-order valence-electron chi connectivity index (χ3n) is 6.22. The summed E-state index contributed by atoms with van der Waals surface area (Å²) in [5, 5.41) is 34.0. The minimum atomic E-state index is -1.14. The maximum atomic E-state index is 13.6. The van der Waals surface area contributed by atoms with Crippen LogP contribution in [0.2, 0.25) is 0 Å². The molecule has 34 heavy (non-hydrogen) atoms. The largest absolute Gasteiger partial charge is 0.481 e. The molecule has 3 atom stereocenters. The second-order valence-electron chi connectivity index (χ2n) is 8.83. The van der Waals surface area contributed by atoms with Gasteiger partial charge in [-0.05, 0) is 61.6 Å². The van der Waals surface area contributed by atoms with E-state index < -0.39 is 24.6 Å². The predicted molar refractivity (Wildman–Crippen MR) is 127 cm³/mol. The molecule has 0 spiro atoms. The molecule has 4 rings (SSSR count). The van der Waals surface area contributed by atoms with E-state index in [1.54, 1.807) is 29.0 Å². The number of aliphatic hydroxyl groups excluding tert-OH is 2. The van der Waals surface area contributed by atoms with E-state index in [1.165, 1.54) is 17.7 Å². The maximum Gasteiger partial charge on any atom is 0.305 e. The van der Waals surface area contributed by atoms with E-state index in [2.05, 4.69) is 12.1 Å². The normalized spacial score (nSPS) is 17.4. The number of nitrogens with zero attached hydrogens (tertiary/aromatic N) is 2. The zero-order valence-corrected chi connectivity index (χ0v) is 18.8. The van der Waals surface area contributed by atoms with Crippen molar-refractivity contribution >= 4 is 12.0 Å². The first-order chi connectivity index (χ1) is 16.4. The molecule has 7 heteroatoms. The van der Waals surface area contributed by atoms with Crippen molar-refractivity contribution in [3.8, 4) is 5.69 Å². The lowest BCUT2D eigenvalue weighted by Gasteiger charge is -2.21. The van der Waals surface area contributed by atoms with Gasteiger partial charge in [0.05, 0.1) is 35.7 Å². The highest BCUT2D eigenvalue weighted by molar-refractivity contribution is 5.67. The van der Waals surface area contributed by atoms with Crippen molar-refractivity contribution in [1.29, 1.82) is 0 Å². The van der Waals surface area contributed by atoms with Crippen molar-refractivity contribution in [2.75, 3.05) is 0 Å². The van der Waals surface area contributed by atoms with Gasteiger partial charge in [0.1, 0.15) is 5.82 Å². The minimum Gasteiger partial charge on any atom is -0.481 e. The lowest BCUT2D eigenvalue weighted by Crippen LogP contribution is -2.19. The second-order valence-corrected chi connectivity index (χ2v) is 8.83. The number of hydrogen-bond acceptors (Lipinski definition) is 4. The fourth-order valence-corrected chi connectivity index (χ4v) is 4.62. The molecule has 0 aliphatic heterocycles. The van der Waals surface area contributed by atoms with Crippen LogP contribution in [0.1, 0.15) is 54.1 Å². The molecule has 3 unspecified atom stereocenters. The first-order valence-corrected chi connectivity index (χ1v) is 11.6. The number of benzene rings is 2. The number of aliphatic carboxylic acids is 1. The van der Waals surface area contributed by atoms with Crippen LogP contribution in [0.25, 0.3) is 11.8 Å². The van der Waals surface area contributed by atoms with Crippen LogP contribution in [0.5, 0.6) is 0 Å². The minimum absolute atomic E-state index is 0.0771. The van der Waals surface area contributed by atoms with Crippen LogP contribution in [0.15, 0.2) is 60.7 Å². The van der Waals surface area contributed by atoms with E-state index in [0.717, 1.165) is 42.6 Å². The number of carbonyl (C=O) groups is 1. The molecule has 1 aromatic heterocycles. The lowest BCUT2D eigenvalue weighted by atomic mass is 9.83. The van der Waals surface area contributed by atoms with E-state index >= 15 is 0 Å². The number of fused-ring (bicyclic) bond motifs is 1. The van der Waals surface area contributed by atoms with Gasteiger partial charge >= 0.3 is 5.97 Å². The van der Waals surface area contributed by atoms with Crippen molar-refractivity contribution in [3.63, 3.8) is 0 Å². The van der Waals surface area contributed by atoms with Gasteiger partial charge in [0.15, 0.2) is 0 Å². The zero-order valence-electron chi connectivity index (χ0n) is 18.8. The Morgan fingerprint density at radius 3 is 2.59 bits per heavy atom. The number of carboxylic acid groups (broad SMARTS) is 1. The standard InChI is InChI=1S/C27H29FN2O4/c28-20-9-11-21(12-10-20)30-25(14-13-22(31)16-23(32)17-26(33)34)24-8-4-7-19(27(24)29-30)15-18-5-2-1-3-6-18/h1-3,5-6,9-14,19,22-23,31-32H,4,7-8,15-17H2,(H,33,34)/b14-13+. The number of carboxylic acids is 1. The van der Waals surface area contributed by atoms with E-state index in [1.807, 2.05) is 18.2 Å². The molecular weight excluding hydrogens is 435 g/mol. The summed E-state index contributed by atoms with van der Waals surface area (Å²) >= 11 is 0. The Kier molecular flexibility index (Phi) is 7.55. The van der Waals surface area contributed by atoms with Crippen LogP contribution in [0, 0.1) is 5.82 Å². The molecule has 6 nitrogen and oxygen atoms in total. The first-order valence-electron chi connectivity index (χ1n) is 11.6. The molecule has 3 N–H and O–H groups in total. The topological polar surface area (TPSA) is 95.6 Å². The molecule has 0 amide bonds. The van der Waals surface area contributed by atoms with Crippen molar-refractivity contribution in [3.05, 3.63) is 89.0 Å². The SMILES string of the molecule is O=C(O)CC(O)CC(O)/C=C/c1c2c(nn1-c1ccc(F)cc1)C(Cc1ccccc1)CCC2. The molecule has 3 aromatic rings. The zero-order chi connectivity index (χ0) is 24.1. The third-order valence-corrected chi connectivity index (χ3v) is 6.22. The van der Waals surface area contributed by atoms with Crippen molar-refractivity contribution in [2.24, 2.45) is 0 Å². The van der Waals surface area contributed by atoms with E-state index in [4.69, 9.17) is 10.2 Å². The van der Waals surface area contributed by atoms with Gasteiger partial charge in [-0.1, -0.05) is 36.4 Å². The van der Waals surface area contributed by atoms with E-state index in [9.17, 15) is 19.4 Å². The highest BCUT2D eigenvalue weighted by Crippen LogP contribution is 2.36. The number of aromatic nitrogens is 2. The number of hydrogen-bond donors (Lipinski definition) is 3. The van der Waals surface area contributed by atoms with Crippen LogP contribution in [0.4, 0.5) is 4.39 Å². The molecule has 2 aromatic carbocycles. The van der Waals surface area contributed by atoms with Crippen LogP contribution in [-0.4, -0.2) is 43.3 Å². The third kappa shape index (κ3) is 5.79. The average molecular weight is 465 g/mol. The summed E-state index contributed by atoms with van der Waals surface area (Å²) in [5.41, 5.74) is 4.89. The molecular formula is C27H29FN2O4. The molecule has 0 fully saturated rings. The van der Waals surface area contributed by atoms with Gasteiger partial charge in [0.25, 0.3) is 0 Å². The van der Waals surface area contributed by atoms with E-state index in [-0.39, 0.29) is 18.2 Å². The Balaban J connectivity index is 1.66. The number of halogens is 1. The van der Waals surface area contributed by atoms with Crippen molar-refractivity contribution in [2.45, 2.75) is 56.7 Å². The molecule has 0 saturated carbocycles. The van der Waals surface area contributed by atoms with Crippen molar-refractivity contribution in [1.82, 2.24) is 9.78 Å². The summed E-state index contributed by atoms with van der Waals surface area (Å²) in [6.45, 7) is 0. The summed E-state index contributed by atoms with van der Waals surface area (Å²) < 4.78 is 15.3. The Bertz CT molecular complexity index is 1140. The quantitative estimate of drug-likeness (QED) is 0.440. The van der Waals surface area contributed by atoms with Gasteiger partial charge < -0.3 is 15.3 Å². The number of aliphatic hydroxyl groups is 2.